The average Bonchev–Trinajstić information content (AvgIpc) is 2.43. The first-order chi connectivity index (χ1) is 9.74. The first kappa shape index (κ1) is 15.1. The van der Waals surface area contributed by atoms with Crippen LogP contribution in [-0.4, -0.2) is 19.7 Å². The molecule has 1 N–H and O–H groups in total. The Balaban J connectivity index is 1.60. The first-order valence-corrected chi connectivity index (χ1v) is 7.68. The van der Waals surface area contributed by atoms with E-state index < -0.39 is 0 Å². The molecule has 3 heteroatoms. The van der Waals surface area contributed by atoms with Crippen molar-refractivity contribution < 1.29 is 4.74 Å². The Morgan fingerprint density at radius 2 is 1.90 bits per heavy atom. The second-order valence-corrected chi connectivity index (χ2v) is 5.71. The number of hydrogen-bond acceptors (Lipinski definition) is 2. The molecule has 0 fully saturated rings. The molecular formula is C17H20BrNO. The van der Waals surface area contributed by atoms with E-state index in [1.807, 2.05) is 24.3 Å². The second kappa shape index (κ2) is 8.08. The molecule has 106 valence electrons. The Morgan fingerprint density at radius 1 is 1.05 bits per heavy atom. The fourth-order valence-electron chi connectivity index (χ4n) is 2.02. The van der Waals surface area contributed by atoms with Gasteiger partial charge in [0.2, 0.25) is 0 Å². The molecule has 0 aliphatic rings. The zero-order chi connectivity index (χ0) is 14.2. The van der Waals surface area contributed by atoms with Gasteiger partial charge in [0.15, 0.2) is 0 Å². The summed E-state index contributed by atoms with van der Waals surface area (Å²) in [4.78, 5) is 0. The van der Waals surface area contributed by atoms with E-state index in [0.29, 0.717) is 6.61 Å². The number of rotatable bonds is 7. The van der Waals surface area contributed by atoms with Crippen LogP contribution in [0.2, 0.25) is 0 Å². The Morgan fingerprint density at radius 3 is 2.70 bits per heavy atom. The van der Waals surface area contributed by atoms with Crippen molar-refractivity contribution in [3.63, 3.8) is 0 Å². The molecule has 0 bridgehead atoms. The number of ether oxygens (including phenoxy) is 1. The third-order valence-electron chi connectivity index (χ3n) is 3.02. The summed E-state index contributed by atoms with van der Waals surface area (Å²) < 4.78 is 6.71. The fourth-order valence-corrected chi connectivity index (χ4v) is 2.40. The van der Waals surface area contributed by atoms with E-state index in [1.54, 1.807) is 0 Å². The molecule has 20 heavy (non-hydrogen) atoms. The number of hydrogen-bond donors (Lipinski definition) is 1. The van der Waals surface area contributed by atoms with Crippen LogP contribution in [0.1, 0.15) is 11.1 Å². The SMILES string of the molecule is Cc1cccc(CCNCCOc2cccc(Br)c2)c1. The summed E-state index contributed by atoms with van der Waals surface area (Å²) in [5.74, 6) is 0.903. The molecule has 0 heterocycles. The van der Waals surface area contributed by atoms with Gasteiger partial charge < -0.3 is 10.1 Å². The van der Waals surface area contributed by atoms with Crippen LogP contribution < -0.4 is 10.1 Å². The Bertz CT molecular complexity index is 493. The fraction of sp³-hybridized carbons (Fsp3) is 0.294. The third-order valence-corrected chi connectivity index (χ3v) is 3.51. The summed E-state index contributed by atoms with van der Waals surface area (Å²) in [5.41, 5.74) is 2.70. The molecule has 0 unspecified atom stereocenters. The molecule has 2 aromatic carbocycles. The minimum atomic E-state index is 0.685. The molecule has 2 aromatic rings. The third kappa shape index (κ3) is 5.35. The number of aryl methyl sites for hydroxylation is 1. The Kier molecular flexibility index (Phi) is 6.09. The van der Waals surface area contributed by atoms with Crippen molar-refractivity contribution in [1.29, 1.82) is 0 Å². The van der Waals surface area contributed by atoms with E-state index in [1.165, 1.54) is 11.1 Å². The van der Waals surface area contributed by atoms with Crippen LogP contribution in [0.5, 0.6) is 5.75 Å². The topological polar surface area (TPSA) is 21.3 Å². The van der Waals surface area contributed by atoms with E-state index in [9.17, 15) is 0 Å². The highest BCUT2D eigenvalue weighted by Crippen LogP contribution is 2.17. The lowest BCUT2D eigenvalue weighted by Gasteiger charge is -2.08. The van der Waals surface area contributed by atoms with Crippen molar-refractivity contribution in [2.24, 2.45) is 0 Å². The second-order valence-electron chi connectivity index (χ2n) is 4.79. The van der Waals surface area contributed by atoms with Gasteiger partial charge in [-0.25, -0.2) is 0 Å². The van der Waals surface area contributed by atoms with Crippen molar-refractivity contribution >= 4 is 15.9 Å². The smallest absolute Gasteiger partial charge is 0.120 e. The lowest BCUT2D eigenvalue weighted by atomic mass is 10.1. The molecular weight excluding hydrogens is 314 g/mol. The van der Waals surface area contributed by atoms with Crippen LogP contribution in [0.3, 0.4) is 0 Å². The van der Waals surface area contributed by atoms with E-state index in [4.69, 9.17) is 4.74 Å². The quantitative estimate of drug-likeness (QED) is 0.774. The Hall–Kier alpha value is -1.32. The van der Waals surface area contributed by atoms with Gasteiger partial charge in [0.1, 0.15) is 12.4 Å². The Labute approximate surface area is 129 Å². The molecule has 0 radical (unpaired) electrons. The molecule has 0 saturated carbocycles. The summed E-state index contributed by atoms with van der Waals surface area (Å²) in [6.07, 6.45) is 1.05. The standard InChI is InChI=1S/C17H20BrNO/c1-14-4-2-5-15(12-14)8-9-19-10-11-20-17-7-3-6-16(18)13-17/h2-7,12-13,19H,8-11H2,1H3. The molecule has 0 atom stereocenters. The van der Waals surface area contributed by atoms with Gasteiger partial charge in [0.25, 0.3) is 0 Å². The van der Waals surface area contributed by atoms with Crippen molar-refractivity contribution in [3.8, 4) is 5.75 Å². The van der Waals surface area contributed by atoms with Crippen LogP contribution in [0.15, 0.2) is 53.0 Å². The van der Waals surface area contributed by atoms with E-state index in [0.717, 1.165) is 29.7 Å². The summed E-state index contributed by atoms with van der Waals surface area (Å²) >= 11 is 3.43. The van der Waals surface area contributed by atoms with Crippen molar-refractivity contribution in [3.05, 3.63) is 64.1 Å². The molecule has 0 aliphatic heterocycles. The first-order valence-electron chi connectivity index (χ1n) is 6.89. The molecule has 0 spiro atoms. The maximum absolute atomic E-state index is 5.67. The van der Waals surface area contributed by atoms with E-state index in [2.05, 4.69) is 52.4 Å². The highest BCUT2D eigenvalue weighted by molar-refractivity contribution is 9.10. The van der Waals surface area contributed by atoms with E-state index in [-0.39, 0.29) is 0 Å². The summed E-state index contributed by atoms with van der Waals surface area (Å²) in [5, 5.41) is 3.40. The van der Waals surface area contributed by atoms with Crippen LogP contribution >= 0.6 is 15.9 Å². The molecule has 2 nitrogen and oxygen atoms in total. The molecule has 0 amide bonds. The predicted octanol–water partition coefficient (Wildman–Crippen LogP) is 3.97. The minimum absolute atomic E-state index is 0.685. The van der Waals surface area contributed by atoms with Gasteiger partial charge in [-0.15, -0.1) is 0 Å². The number of nitrogens with one attached hydrogen (secondary N) is 1. The van der Waals surface area contributed by atoms with Gasteiger partial charge in [-0.1, -0.05) is 51.8 Å². The van der Waals surface area contributed by atoms with Crippen molar-refractivity contribution in [2.45, 2.75) is 13.3 Å². The maximum Gasteiger partial charge on any atom is 0.120 e. The number of halogens is 1. The lowest BCUT2D eigenvalue weighted by Crippen LogP contribution is -2.23. The van der Waals surface area contributed by atoms with Gasteiger partial charge in [-0.05, 0) is 43.7 Å². The van der Waals surface area contributed by atoms with E-state index >= 15 is 0 Å². The molecule has 2 rings (SSSR count). The van der Waals surface area contributed by atoms with Crippen LogP contribution in [0, 0.1) is 6.92 Å². The van der Waals surface area contributed by atoms with Crippen molar-refractivity contribution in [2.75, 3.05) is 19.7 Å². The zero-order valence-electron chi connectivity index (χ0n) is 11.7. The normalized spacial score (nSPS) is 10.5. The summed E-state index contributed by atoms with van der Waals surface area (Å²) in [6.45, 7) is 4.65. The van der Waals surface area contributed by atoms with Gasteiger partial charge in [-0.3, -0.25) is 0 Å². The predicted molar refractivity (Wildman–Crippen MR) is 87.4 cm³/mol. The highest BCUT2D eigenvalue weighted by Gasteiger charge is 1.96. The maximum atomic E-state index is 5.67. The average molecular weight is 334 g/mol. The molecule has 0 saturated heterocycles. The van der Waals surface area contributed by atoms with Crippen LogP contribution in [0.25, 0.3) is 0 Å². The van der Waals surface area contributed by atoms with Gasteiger partial charge in [0.05, 0.1) is 0 Å². The lowest BCUT2D eigenvalue weighted by molar-refractivity contribution is 0.314. The molecule has 0 aliphatic carbocycles. The highest BCUT2D eigenvalue weighted by atomic mass is 79.9. The summed E-state index contributed by atoms with van der Waals surface area (Å²) in [7, 11) is 0. The molecule has 0 aromatic heterocycles. The van der Waals surface area contributed by atoms with Crippen LogP contribution in [0.4, 0.5) is 0 Å². The summed E-state index contributed by atoms with van der Waals surface area (Å²) in [6, 6.07) is 16.6. The zero-order valence-corrected chi connectivity index (χ0v) is 13.3. The van der Waals surface area contributed by atoms with Gasteiger partial charge in [0, 0.05) is 11.0 Å². The number of benzene rings is 2. The minimum Gasteiger partial charge on any atom is -0.492 e. The monoisotopic (exact) mass is 333 g/mol. The van der Waals surface area contributed by atoms with Gasteiger partial charge >= 0.3 is 0 Å². The van der Waals surface area contributed by atoms with Crippen LogP contribution in [-0.2, 0) is 6.42 Å². The van der Waals surface area contributed by atoms with Crippen molar-refractivity contribution in [1.82, 2.24) is 5.32 Å². The largest absolute Gasteiger partial charge is 0.492 e. The van der Waals surface area contributed by atoms with Gasteiger partial charge in [-0.2, -0.15) is 0 Å².